The van der Waals surface area contributed by atoms with Crippen LogP contribution in [0.15, 0.2) is 12.2 Å². The normalized spacial score (nSPS) is 33.4. The molecule has 15 heavy (non-hydrogen) atoms. The zero-order valence-electron chi connectivity index (χ0n) is 9.61. The fourth-order valence-corrected chi connectivity index (χ4v) is 2.56. The van der Waals surface area contributed by atoms with Crippen molar-refractivity contribution in [2.75, 3.05) is 6.61 Å². The molecule has 3 atom stereocenters. The van der Waals surface area contributed by atoms with Crippen molar-refractivity contribution < 1.29 is 9.53 Å². The zero-order chi connectivity index (χ0) is 10.8. The van der Waals surface area contributed by atoms with E-state index in [0.29, 0.717) is 24.4 Å². The molecule has 1 saturated carbocycles. The zero-order valence-corrected chi connectivity index (χ0v) is 9.61. The van der Waals surface area contributed by atoms with Gasteiger partial charge in [0.1, 0.15) is 0 Å². The number of hydrogen-bond acceptors (Lipinski definition) is 2. The van der Waals surface area contributed by atoms with Gasteiger partial charge in [-0.2, -0.15) is 0 Å². The average Bonchev–Trinajstić information content (AvgIpc) is 2.27. The van der Waals surface area contributed by atoms with E-state index in [1.165, 1.54) is 12.8 Å². The second kappa shape index (κ2) is 4.38. The number of esters is 1. The maximum absolute atomic E-state index is 11.8. The first kappa shape index (κ1) is 10.7. The van der Waals surface area contributed by atoms with Gasteiger partial charge in [-0.1, -0.05) is 26.0 Å². The molecule has 0 N–H and O–H groups in total. The van der Waals surface area contributed by atoms with E-state index in [2.05, 4.69) is 26.0 Å². The van der Waals surface area contributed by atoms with Crippen LogP contribution >= 0.6 is 0 Å². The summed E-state index contributed by atoms with van der Waals surface area (Å²) in [6.45, 7) is 4.71. The summed E-state index contributed by atoms with van der Waals surface area (Å²) in [6.07, 6.45) is 7.94. The van der Waals surface area contributed by atoms with Gasteiger partial charge in [-0.25, -0.2) is 0 Å². The highest BCUT2D eigenvalue weighted by Gasteiger charge is 2.37. The number of hydrogen-bond donors (Lipinski definition) is 0. The molecule has 2 bridgehead atoms. The van der Waals surface area contributed by atoms with Gasteiger partial charge in [-0.3, -0.25) is 4.79 Å². The van der Waals surface area contributed by atoms with Crippen molar-refractivity contribution in [3.63, 3.8) is 0 Å². The second-order valence-electron chi connectivity index (χ2n) is 5.25. The van der Waals surface area contributed by atoms with Gasteiger partial charge in [-0.05, 0) is 37.0 Å². The molecule has 0 saturated heterocycles. The first-order chi connectivity index (χ1) is 7.16. The van der Waals surface area contributed by atoms with Crippen LogP contribution in [0.3, 0.4) is 0 Å². The molecule has 0 radical (unpaired) electrons. The Balaban J connectivity index is 1.89. The van der Waals surface area contributed by atoms with Crippen LogP contribution < -0.4 is 0 Å². The van der Waals surface area contributed by atoms with Crippen LogP contribution in [0.1, 0.15) is 33.1 Å². The Kier molecular flexibility index (Phi) is 3.13. The molecule has 2 heteroatoms. The second-order valence-corrected chi connectivity index (χ2v) is 5.25. The van der Waals surface area contributed by atoms with Crippen molar-refractivity contribution >= 4 is 5.97 Å². The third-order valence-electron chi connectivity index (χ3n) is 3.44. The Morgan fingerprint density at radius 2 is 2.20 bits per heavy atom. The van der Waals surface area contributed by atoms with Crippen molar-refractivity contribution in [1.29, 1.82) is 0 Å². The third-order valence-corrected chi connectivity index (χ3v) is 3.44. The van der Waals surface area contributed by atoms with E-state index in [4.69, 9.17) is 4.74 Å². The topological polar surface area (TPSA) is 26.3 Å². The van der Waals surface area contributed by atoms with Crippen molar-refractivity contribution in [3.8, 4) is 0 Å². The molecule has 0 amide bonds. The molecule has 0 aromatic carbocycles. The summed E-state index contributed by atoms with van der Waals surface area (Å²) < 4.78 is 5.32. The lowest BCUT2D eigenvalue weighted by atomic mass is 9.69. The molecular weight excluding hydrogens is 188 g/mol. The van der Waals surface area contributed by atoms with Gasteiger partial charge in [0.15, 0.2) is 0 Å². The van der Waals surface area contributed by atoms with Gasteiger partial charge in [-0.15, -0.1) is 0 Å². The Morgan fingerprint density at radius 1 is 1.40 bits per heavy atom. The van der Waals surface area contributed by atoms with E-state index in [9.17, 15) is 4.79 Å². The SMILES string of the molecule is CC(C)COC(=O)[C@@H]1C[C@@H]2C=C[C@H]1CC2. The summed E-state index contributed by atoms with van der Waals surface area (Å²) in [5.41, 5.74) is 0. The largest absolute Gasteiger partial charge is 0.465 e. The van der Waals surface area contributed by atoms with E-state index in [1.807, 2.05) is 0 Å². The first-order valence-corrected chi connectivity index (χ1v) is 6.01. The Hall–Kier alpha value is -0.790. The molecule has 84 valence electrons. The number of ether oxygens (including phenoxy) is 1. The van der Waals surface area contributed by atoms with Crippen LogP contribution in [0.2, 0.25) is 0 Å². The number of carbonyl (C=O) groups is 1. The highest BCUT2D eigenvalue weighted by molar-refractivity contribution is 5.73. The van der Waals surface area contributed by atoms with E-state index in [-0.39, 0.29) is 11.9 Å². The first-order valence-electron chi connectivity index (χ1n) is 6.01. The number of fused-ring (bicyclic) bond motifs is 2. The molecule has 1 fully saturated rings. The number of rotatable bonds is 3. The third kappa shape index (κ3) is 2.42. The molecule has 3 aliphatic carbocycles. The van der Waals surface area contributed by atoms with Gasteiger partial charge in [0.05, 0.1) is 12.5 Å². The molecule has 3 rings (SSSR count). The van der Waals surface area contributed by atoms with Crippen molar-refractivity contribution in [3.05, 3.63) is 12.2 Å². The van der Waals surface area contributed by atoms with Crippen molar-refractivity contribution in [1.82, 2.24) is 0 Å². The number of allylic oxidation sites excluding steroid dienone is 2. The van der Waals surface area contributed by atoms with Crippen molar-refractivity contribution in [2.45, 2.75) is 33.1 Å². The lowest BCUT2D eigenvalue weighted by molar-refractivity contribution is -0.152. The van der Waals surface area contributed by atoms with Crippen LogP contribution in [0.4, 0.5) is 0 Å². The minimum Gasteiger partial charge on any atom is -0.465 e. The quantitative estimate of drug-likeness (QED) is 0.526. The maximum atomic E-state index is 11.8. The summed E-state index contributed by atoms with van der Waals surface area (Å²) >= 11 is 0. The lowest BCUT2D eigenvalue weighted by Gasteiger charge is -2.36. The summed E-state index contributed by atoms with van der Waals surface area (Å²) in [7, 11) is 0. The molecule has 2 nitrogen and oxygen atoms in total. The van der Waals surface area contributed by atoms with Crippen LogP contribution in [0.25, 0.3) is 0 Å². The van der Waals surface area contributed by atoms with Crippen LogP contribution in [-0.4, -0.2) is 12.6 Å². The fraction of sp³-hybridized carbons (Fsp3) is 0.769. The molecule has 0 spiro atoms. The predicted octanol–water partition coefficient (Wildman–Crippen LogP) is 2.79. The van der Waals surface area contributed by atoms with Gasteiger partial charge in [0, 0.05) is 0 Å². The fourth-order valence-electron chi connectivity index (χ4n) is 2.56. The van der Waals surface area contributed by atoms with E-state index < -0.39 is 0 Å². The Morgan fingerprint density at radius 3 is 2.67 bits per heavy atom. The molecule has 0 heterocycles. The average molecular weight is 208 g/mol. The highest BCUT2D eigenvalue weighted by atomic mass is 16.5. The van der Waals surface area contributed by atoms with Crippen LogP contribution in [0, 0.1) is 23.7 Å². The van der Waals surface area contributed by atoms with E-state index in [0.717, 1.165) is 6.42 Å². The summed E-state index contributed by atoms with van der Waals surface area (Å²) in [6, 6.07) is 0. The maximum Gasteiger partial charge on any atom is 0.309 e. The molecule has 0 unspecified atom stereocenters. The molecule has 0 aromatic rings. The molecule has 0 aliphatic heterocycles. The van der Waals surface area contributed by atoms with Gasteiger partial charge in [0.2, 0.25) is 0 Å². The Bertz CT molecular complexity index is 268. The van der Waals surface area contributed by atoms with Gasteiger partial charge >= 0.3 is 5.97 Å². The van der Waals surface area contributed by atoms with Crippen molar-refractivity contribution in [2.24, 2.45) is 23.7 Å². The Labute approximate surface area is 91.7 Å². The minimum absolute atomic E-state index is 0.0303. The number of carbonyl (C=O) groups excluding carboxylic acids is 1. The molecule has 3 aliphatic rings. The standard InChI is InChI=1S/C13H20O2/c1-9(2)8-15-13(14)12-7-10-3-5-11(12)6-4-10/h3,5,9-12H,4,6-8H2,1-2H3/t10-,11+,12-/m1/s1. The van der Waals surface area contributed by atoms with Gasteiger partial charge < -0.3 is 4.74 Å². The van der Waals surface area contributed by atoms with Crippen LogP contribution in [-0.2, 0) is 9.53 Å². The monoisotopic (exact) mass is 208 g/mol. The van der Waals surface area contributed by atoms with E-state index in [1.54, 1.807) is 0 Å². The lowest BCUT2D eigenvalue weighted by Crippen LogP contribution is -2.34. The molecular formula is C13H20O2. The summed E-state index contributed by atoms with van der Waals surface area (Å²) in [4.78, 5) is 11.8. The van der Waals surface area contributed by atoms with E-state index >= 15 is 0 Å². The molecule has 0 aromatic heterocycles. The predicted molar refractivity (Wildman–Crippen MR) is 59.3 cm³/mol. The summed E-state index contributed by atoms with van der Waals surface area (Å²) in [5, 5.41) is 0. The highest BCUT2D eigenvalue weighted by Crippen LogP contribution is 2.40. The summed E-state index contributed by atoms with van der Waals surface area (Å²) in [5.74, 6) is 1.70. The smallest absolute Gasteiger partial charge is 0.309 e. The van der Waals surface area contributed by atoms with Gasteiger partial charge in [0.25, 0.3) is 0 Å². The minimum atomic E-state index is 0.0303. The van der Waals surface area contributed by atoms with Crippen LogP contribution in [0.5, 0.6) is 0 Å².